The summed E-state index contributed by atoms with van der Waals surface area (Å²) in [6, 6.07) is 12.3. The van der Waals surface area contributed by atoms with Gasteiger partial charge in [0.2, 0.25) is 5.88 Å². The van der Waals surface area contributed by atoms with Crippen LogP contribution in [0.4, 0.5) is 11.4 Å². The fourth-order valence-electron chi connectivity index (χ4n) is 3.30. The summed E-state index contributed by atoms with van der Waals surface area (Å²) in [6.45, 7) is 0. The van der Waals surface area contributed by atoms with Crippen LogP contribution in [0.15, 0.2) is 58.1 Å². The van der Waals surface area contributed by atoms with Crippen LogP contribution in [0.5, 0.6) is 11.6 Å². The highest BCUT2D eigenvalue weighted by molar-refractivity contribution is 5.63. The van der Waals surface area contributed by atoms with Crippen molar-refractivity contribution in [2.75, 3.05) is 5.32 Å². The first-order valence-electron chi connectivity index (χ1n) is 8.46. The van der Waals surface area contributed by atoms with Crippen molar-refractivity contribution in [3.63, 3.8) is 0 Å². The molecule has 0 radical (unpaired) electrons. The lowest BCUT2D eigenvalue weighted by Crippen LogP contribution is -2.40. The van der Waals surface area contributed by atoms with E-state index >= 15 is 0 Å². The molecule has 28 heavy (non-hydrogen) atoms. The second-order valence-electron chi connectivity index (χ2n) is 6.45. The van der Waals surface area contributed by atoms with Crippen LogP contribution in [0.25, 0.3) is 0 Å². The number of rotatable bonds is 2. The van der Waals surface area contributed by atoms with Gasteiger partial charge in [0.15, 0.2) is 5.75 Å². The predicted octanol–water partition coefficient (Wildman–Crippen LogP) is 2.30. The Labute approximate surface area is 158 Å². The number of hydrogen-bond acceptors (Lipinski definition) is 6. The first-order valence-corrected chi connectivity index (χ1v) is 8.46. The van der Waals surface area contributed by atoms with Gasteiger partial charge in [-0.25, -0.2) is 4.79 Å². The molecule has 0 unspecified atom stereocenters. The van der Waals surface area contributed by atoms with Gasteiger partial charge in [-0.3, -0.25) is 24.0 Å². The van der Waals surface area contributed by atoms with Crippen molar-refractivity contribution in [1.29, 1.82) is 0 Å². The van der Waals surface area contributed by atoms with Crippen LogP contribution in [0, 0.1) is 10.1 Å². The number of para-hydroxylation sites is 2. The topological polar surface area (TPSA) is 108 Å². The standard InChI is InChI=1S/C19H16N4O5/c1-21-17(24)15-16(11-6-5-7-12(10-11)23(26)27)20-13-8-3-4-9-14(13)28-18(15)22(2)19(21)25/h3-10,16,20H,1-2H3/t16-/m1/s1. The summed E-state index contributed by atoms with van der Waals surface area (Å²) in [5.74, 6) is 0.544. The van der Waals surface area contributed by atoms with Crippen molar-refractivity contribution < 1.29 is 9.66 Å². The highest BCUT2D eigenvalue weighted by Gasteiger charge is 2.31. The van der Waals surface area contributed by atoms with Gasteiger partial charge in [0.1, 0.15) is 5.56 Å². The SMILES string of the molecule is Cn1c2c(c(=O)n(C)c1=O)[C@@H](c1cccc([N+](=O)[O-])c1)Nc1ccccc1O2. The molecule has 142 valence electrons. The fraction of sp³-hybridized carbons (Fsp3) is 0.158. The molecule has 9 nitrogen and oxygen atoms in total. The largest absolute Gasteiger partial charge is 0.438 e. The van der Waals surface area contributed by atoms with Gasteiger partial charge < -0.3 is 10.1 Å². The third-order valence-electron chi connectivity index (χ3n) is 4.74. The lowest BCUT2D eigenvalue weighted by Gasteiger charge is -2.20. The van der Waals surface area contributed by atoms with Crippen LogP contribution < -0.4 is 21.3 Å². The van der Waals surface area contributed by atoms with Crippen molar-refractivity contribution >= 4 is 11.4 Å². The van der Waals surface area contributed by atoms with E-state index in [9.17, 15) is 19.7 Å². The molecule has 2 heterocycles. The van der Waals surface area contributed by atoms with Crippen LogP contribution in [-0.4, -0.2) is 14.1 Å². The zero-order valence-corrected chi connectivity index (χ0v) is 15.1. The van der Waals surface area contributed by atoms with Crippen LogP contribution >= 0.6 is 0 Å². The summed E-state index contributed by atoms with van der Waals surface area (Å²) < 4.78 is 8.18. The van der Waals surface area contributed by atoms with Crippen LogP contribution in [0.2, 0.25) is 0 Å². The van der Waals surface area contributed by atoms with Gasteiger partial charge in [-0.1, -0.05) is 24.3 Å². The number of nitro benzene ring substituents is 1. The normalized spacial score (nSPS) is 14.9. The second-order valence-corrected chi connectivity index (χ2v) is 6.45. The number of hydrogen-bond donors (Lipinski definition) is 1. The van der Waals surface area contributed by atoms with E-state index < -0.39 is 22.2 Å². The molecule has 1 aliphatic heterocycles. The van der Waals surface area contributed by atoms with Gasteiger partial charge in [-0.15, -0.1) is 0 Å². The monoisotopic (exact) mass is 380 g/mol. The summed E-state index contributed by atoms with van der Waals surface area (Å²) >= 11 is 0. The Kier molecular flexibility index (Phi) is 3.99. The van der Waals surface area contributed by atoms with Gasteiger partial charge in [-0.2, -0.15) is 0 Å². The van der Waals surface area contributed by atoms with E-state index in [0.717, 1.165) is 4.57 Å². The molecule has 3 aromatic rings. The summed E-state index contributed by atoms with van der Waals surface area (Å²) in [5.41, 5.74) is 0.147. The van der Waals surface area contributed by atoms with Crippen molar-refractivity contribution in [3.05, 3.63) is 90.6 Å². The van der Waals surface area contributed by atoms with Crippen LogP contribution in [-0.2, 0) is 14.1 Å². The van der Waals surface area contributed by atoms with Crippen LogP contribution in [0.1, 0.15) is 17.2 Å². The minimum Gasteiger partial charge on any atom is -0.438 e. The maximum atomic E-state index is 13.0. The summed E-state index contributed by atoms with van der Waals surface area (Å²) in [4.78, 5) is 36.1. The van der Waals surface area contributed by atoms with E-state index in [0.29, 0.717) is 17.0 Å². The molecule has 4 rings (SSSR count). The Balaban J connectivity index is 2.05. The number of aromatic nitrogens is 2. The van der Waals surface area contributed by atoms with Crippen molar-refractivity contribution in [3.8, 4) is 11.6 Å². The Morgan fingerprint density at radius 3 is 2.57 bits per heavy atom. The van der Waals surface area contributed by atoms with Crippen LogP contribution in [0.3, 0.4) is 0 Å². The number of benzene rings is 2. The molecule has 1 aliphatic rings. The maximum Gasteiger partial charge on any atom is 0.333 e. The summed E-state index contributed by atoms with van der Waals surface area (Å²) in [6.07, 6.45) is 0. The third-order valence-corrected chi connectivity index (χ3v) is 4.74. The molecular formula is C19H16N4O5. The Morgan fingerprint density at radius 1 is 1.07 bits per heavy atom. The molecule has 2 aromatic carbocycles. The molecule has 9 heteroatoms. The van der Waals surface area contributed by atoms with E-state index in [4.69, 9.17) is 4.74 Å². The van der Waals surface area contributed by atoms with Gasteiger partial charge >= 0.3 is 5.69 Å². The summed E-state index contributed by atoms with van der Waals surface area (Å²) in [5, 5.41) is 14.5. The molecule has 0 amide bonds. The lowest BCUT2D eigenvalue weighted by atomic mass is 9.99. The number of fused-ring (bicyclic) bond motifs is 2. The Bertz CT molecular complexity index is 1230. The van der Waals surface area contributed by atoms with Gasteiger partial charge in [0.05, 0.1) is 16.7 Å². The maximum absolute atomic E-state index is 13.0. The fourth-order valence-corrected chi connectivity index (χ4v) is 3.30. The van der Waals surface area contributed by atoms with E-state index in [1.807, 2.05) is 0 Å². The minimum absolute atomic E-state index is 0.0963. The average molecular weight is 380 g/mol. The van der Waals surface area contributed by atoms with Crippen molar-refractivity contribution in [2.24, 2.45) is 14.1 Å². The summed E-state index contributed by atoms with van der Waals surface area (Å²) in [7, 11) is 2.90. The van der Waals surface area contributed by atoms with E-state index in [-0.39, 0.29) is 17.1 Å². The number of anilines is 1. The smallest absolute Gasteiger partial charge is 0.333 e. The highest BCUT2D eigenvalue weighted by atomic mass is 16.6. The first kappa shape index (κ1) is 17.5. The van der Waals surface area contributed by atoms with Gasteiger partial charge in [-0.05, 0) is 17.7 Å². The molecule has 0 spiro atoms. The molecule has 0 saturated carbocycles. The number of nitrogens with zero attached hydrogens (tertiary/aromatic N) is 3. The van der Waals surface area contributed by atoms with Crippen molar-refractivity contribution in [2.45, 2.75) is 6.04 Å². The Hall–Kier alpha value is -3.88. The number of nitrogens with one attached hydrogen (secondary N) is 1. The molecule has 0 fully saturated rings. The molecule has 1 aromatic heterocycles. The first-order chi connectivity index (χ1) is 13.4. The lowest BCUT2D eigenvalue weighted by molar-refractivity contribution is -0.384. The molecule has 0 aliphatic carbocycles. The molecule has 0 saturated heterocycles. The molecular weight excluding hydrogens is 364 g/mol. The number of non-ortho nitro benzene ring substituents is 1. The van der Waals surface area contributed by atoms with Crippen molar-refractivity contribution in [1.82, 2.24) is 9.13 Å². The van der Waals surface area contributed by atoms with E-state index in [1.54, 1.807) is 36.4 Å². The predicted molar refractivity (Wildman–Crippen MR) is 102 cm³/mol. The zero-order valence-electron chi connectivity index (χ0n) is 15.1. The molecule has 1 N–H and O–H groups in total. The molecule has 1 atom stereocenters. The van der Waals surface area contributed by atoms with E-state index in [1.165, 1.54) is 30.8 Å². The van der Waals surface area contributed by atoms with E-state index in [2.05, 4.69) is 5.32 Å². The molecule has 0 bridgehead atoms. The van der Waals surface area contributed by atoms with Gasteiger partial charge in [0, 0.05) is 26.2 Å². The quantitative estimate of drug-likeness (QED) is 0.540. The second kappa shape index (κ2) is 6.38. The van der Waals surface area contributed by atoms with Gasteiger partial charge in [0.25, 0.3) is 11.2 Å². The third kappa shape index (κ3) is 2.64. The zero-order chi connectivity index (χ0) is 20.0. The minimum atomic E-state index is -0.746. The Morgan fingerprint density at radius 2 is 1.82 bits per heavy atom. The number of nitro groups is 1. The average Bonchev–Trinajstić information content (AvgIpc) is 2.88. The number of ether oxygens (including phenoxy) is 1. The highest BCUT2D eigenvalue weighted by Crippen LogP contribution is 2.40.